The van der Waals surface area contributed by atoms with Gasteiger partial charge in [-0.15, -0.1) is 0 Å². The highest BCUT2D eigenvalue weighted by Gasteiger charge is 2.24. The van der Waals surface area contributed by atoms with Crippen molar-refractivity contribution in [3.05, 3.63) is 526 Å². The van der Waals surface area contributed by atoms with Crippen molar-refractivity contribution in [3.8, 4) is 22.3 Å². The van der Waals surface area contributed by atoms with Gasteiger partial charge in [-0.1, -0.05) is 423 Å². The Hall–Kier alpha value is -16.9. The lowest BCUT2D eigenvalue weighted by Crippen LogP contribution is -1.92. The van der Waals surface area contributed by atoms with E-state index in [1.54, 1.807) is 0 Å². The van der Waals surface area contributed by atoms with Crippen LogP contribution in [-0.4, -0.2) is 0 Å². The van der Waals surface area contributed by atoms with Crippen LogP contribution in [-0.2, 0) is 32.1 Å². The van der Waals surface area contributed by atoms with E-state index in [0.717, 1.165) is 99.1 Å². The number of benzene rings is 22. The van der Waals surface area contributed by atoms with Crippen LogP contribution in [0.5, 0.6) is 0 Å². The molecule has 0 aliphatic carbocycles. The molecule has 0 radical (unpaired) electrons. The quantitative estimate of drug-likeness (QED) is 0.122. The van der Waals surface area contributed by atoms with E-state index in [1.165, 1.54) is 202 Å². The molecule has 0 spiro atoms. The molecule has 22 aromatic carbocycles. The van der Waals surface area contributed by atoms with Gasteiger partial charge in [-0.3, -0.25) is 0 Å². The van der Waals surface area contributed by atoms with Gasteiger partial charge in [0, 0.05) is 108 Å². The first-order chi connectivity index (χ1) is 67.4. The van der Waals surface area contributed by atoms with Crippen LogP contribution in [0.15, 0.2) is 465 Å². The van der Waals surface area contributed by atoms with Crippen molar-refractivity contribution in [2.45, 2.75) is 66.7 Å². The largest absolute Gasteiger partial charge is 0.456 e. The summed E-state index contributed by atoms with van der Waals surface area (Å²) in [6.07, 6.45) is 4.37. The topological polar surface area (TPSA) is 65.7 Å². The molecule has 5 heteroatoms. The molecular formula is C132H98O5. The molecule has 0 aliphatic rings. The number of para-hydroxylation sites is 5. The minimum atomic E-state index is 0.857. The molecule has 0 amide bonds. The van der Waals surface area contributed by atoms with E-state index in [9.17, 15) is 0 Å². The normalized spacial score (nSPS) is 11.5. The van der Waals surface area contributed by atoms with E-state index in [2.05, 4.69) is 471 Å². The van der Waals surface area contributed by atoms with Crippen molar-refractivity contribution in [3.63, 3.8) is 0 Å². The highest BCUT2D eigenvalue weighted by atomic mass is 16.3. The Bertz CT molecular complexity index is 9250. The molecule has 5 aromatic heterocycles. The minimum Gasteiger partial charge on any atom is -0.456 e. The van der Waals surface area contributed by atoms with Crippen LogP contribution in [0, 0.1) is 34.6 Å². The summed E-state index contributed by atoms with van der Waals surface area (Å²) >= 11 is 0. The Kier molecular flexibility index (Phi) is 22.6. The second kappa shape index (κ2) is 36.6. The highest BCUT2D eigenvalue weighted by molar-refractivity contribution is 6.25. The summed E-state index contributed by atoms with van der Waals surface area (Å²) in [5, 5.41) is 24.3. The molecule has 27 aromatic rings. The molecule has 0 unspecified atom stereocenters. The minimum absolute atomic E-state index is 0.857. The van der Waals surface area contributed by atoms with Crippen LogP contribution < -0.4 is 0 Å². The fraction of sp³-hybridized carbons (Fsp3) is 0.0758. The molecule has 0 saturated heterocycles. The predicted molar refractivity (Wildman–Crippen MR) is 577 cm³/mol. The summed E-state index contributed by atoms with van der Waals surface area (Å²) in [6.45, 7) is 10.7. The number of hydrogen-bond acceptors (Lipinski definition) is 5. The van der Waals surface area contributed by atoms with E-state index < -0.39 is 0 Å². The average Bonchev–Trinajstić information content (AvgIpc) is 1.59. The Morgan fingerprint density at radius 2 is 0.547 bits per heavy atom. The summed E-state index contributed by atoms with van der Waals surface area (Å²) in [5.74, 6) is 0. The molecule has 137 heavy (non-hydrogen) atoms. The zero-order valence-corrected chi connectivity index (χ0v) is 77.2. The van der Waals surface area contributed by atoms with Crippen molar-refractivity contribution in [2.24, 2.45) is 0 Å². The molecule has 5 nitrogen and oxygen atoms in total. The van der Waals surface area contributed by atoms with E-state index in [1.807, 2.05) is 6.07 Å². The van der Waals surface area contributed by atoms with Crippen LogP contribution >= 0.6 is 0 Å². The zero-order chi connectivity index (χ0) is 92.0. The second-order valence-electron chi connectivity index (χ2n) is 36.7. The third kappa shape index (κ3) is 16.7. The average molecular weight is 1760 g/mol. The molecule has 0 saturated carbocycles. The summed E-state index contributed by atoms with van der Waals surface area (Å²) in [5.41, 5.74) is 33.8. The van der Waals surface area contributed by atoms with Crippen molar-refractivity contribution in [1.82, 2.24) is 0 Å². The van der Waals surface area contributed by atoms with Crippen molar-refractivity contribution in [2.75, 3.05) is 0 Å². The van der Waals surface area contributed by atoms with Gasteiger partial charge in [0.2, 0.25) is 0 Å². The molecule has 656 valence electrons. The summed E-state index contributed by atoms with van der Waals surface area (Å²) < 4.78 is 32.4. The molecule has 0 bridgehead atoms. The van der Waals surface area contributed by atoms with E-state index >= 15 is 0 Å². The molecule has 0 fully saturated rings. The number of furan rings is 5. The van der Waals surface area contributed by atoms with E-state index in [-0.39, 0.29) is 0 Å². The maximum atomic E-state index is 6.68. The number of rotatable bonds is 12. The Labute approximate surface area is 795 Å². The van der Waals surface area contributed by atoms with Crippen molar-refractivity contribution in [1.29, 1.82) is 0 Å². The van der Waals surface area contributed by atoms with Gasteiger partial charge in [0.25, 0.3) is 0 Å². The Morgan fingerprint density at radius 3 is 1.10 bits per heavy atom. The van der Waals surface area contributed by atoms with Crippen LogP contribution in [0.25, 0.3) is 186 Å². The van der Waals surface area contributed by atoms with Crippen LogP contribution in [0.2, 0.25) is 0 Å². The van der Waals surface area contributed by atoms with E-state index in [0.29, 0.717) is 0 Å². The maximum Gasteiger partial charge on any atom is 0.143 e. The first kappa shape index (κ1) is 84.4. The number of aryl methyl sites for hydroxylation is 5. The lowest BCUT2D eigenvalue weighted by Gasteiger charge is -2.09. The number of fused-ring (bicyclic) bond motifs is 23. The van der Waals surface area contributed by atoms with Gasteiger partial charge in [0.1, 0.15) is 55.8 Å². The fourth-order valence-electron chi connectivity index (χ4n) is 20.6. The molecule has 0 atom stereocenters. The Balaban J connectivity index is 0.0000000965. The predicted octanol–water partition coefficient (Wildman–Crippen LogP) is 36.5. The first-order valence-corrected chi connectivity index (χ1v) is 47.5. The lowest BCUT2D eigenvalue weighted by molar-refractivity contribution is 0.664. The van der Waals surface area contributed by atoms with Gasteiger partial charge in [-0.25, -0.2) is 0 Å². The third-order valence-corrected chi connectivity index (χ3v) is 27.3. The maximum absolute atomic E-state index is 6.68. The molecule has 5 heterocycles. The summed E-state index contributed by atoms with van der Waals surface area (Å²) in [4.78, 5) is 0. The van der Waals surface area contributed by atoms with Gasteiger partial charge in [-0.05, 0) is 192 Å². The van der Waals surface area contributed by atoms with E-state index in [4.69, 9.17) is 22.1 Å². The lowest BCUT2D eigenvalue weighted by atomic mass is 9.95. The standard InChI is InChI=1S/2C30H22O.3C24H18O/c1-20-9-7-10-21(17-20)18-24-14-8-16-26-28-25-15-6-5-13-23(25)19-27(30(28)31-29(24)26)22-11-3-2-4-12-22;1-20-14-16-21(17-15-20)18-24-11-7-13-26-28-25-12-6-5-10-23(25)19-27(30(28)31-29(24)26)22-8-3-2-4-9-22;1-16-6-4-7-17(12-16)13-20-10-5-11-21-22-14-18-8-2-3-9-19(18)15-23(22)25-24(20)21;1-16-7-6-8-17(13-16)14-21-19-10-3-2-9-18(19)15-22-20-11-4-5-12-23(20)25-24(21)22;1-16-7-2-3-9-18(16)15-19-10-6-12-21-22-14-13-17-8-4-5-11-20(17)24(22)25-23(19)21/h2*2-17,19H,18H2,1H3;2-12,14-15H,13H2,1H3;2-13,15H,14H2,1H3;2-14H,15H2,1H3. The SMILES string of the molecule is Cc1ccc(Cc2cccc3c2oc2c(-c4ccccc4)cc4ccccc4c23)cc1.Cc1cccc(Cc2c3ccccc3cc3c2oc2ccccc23)c1.Cc1cccc(Cc2cccc3c2oc2c(-c4ccccc4)cc4ccccc4c23)c1.Cc1cccc(Cc2cccc3c2oc2cc4ccccc4cc23)c1.Cc1ccccc1Cc1cccc2c1oc1c3ccccc3ccc21. The molecular weight excluding hydrogens is 1670 g/mol. The number of hydrogen-bond donors (Lipinski definition) is 0. The van der Waals surface area contributed by atoms with Crippen LogP contribution in [0.3, 0.4) is 0 Å². The summed E-state index contributed by atoms with van der Waals surface area (Å²) in [6, 6.07) is 157. The van der Waals surface area contributed by atoms with Gasteiger partial charge < -0.3 is 22.1 Å². The van der Waals surface area contributed by atoms with Gasteiger partial charge in [-0.2, -0.15) is 0 Å². The third-order valence-electron chi connectivity index (χ3n) is 27.3. The second-order valence-corrected chi connectivity index (χ2v) is 36.7. The Morgan fingerprint density at radius 1 is 0.168 bits per heavy atom. The first-order valence-electron chi connectivity index (χ1n) is 47.5. The van der Waals surface area contributed by atoms with Gasteiger partial charge >= 0.3 is 0 Å². The molecule has 27 rings (SSSR count). The van der Waals surface area contributed by atoms with Gasteiger partial charge in [0.05, 0.1) is 0 Å². The van der Waals surface area contributed by atoms with Gasteiger partial charge in [0.15, 0.2) is 0 Å². The summed E-state index contributed by atoms with van der Waals surface area (Å²) in [7, 11) is 0. The fourth-order valence-corrected chi connectivity index (χ4v) is 20.6. The van der Waals surface area contributed by atoms with Crippen LogP contribution in [0.1, 0.15) is 83.5 Å². The molecule has 0 aliphatic heterocycles. The van der Waals surface area contributed by atoms with Crippen molar-refractivity contribution < 1.29 is 22.1 Å². The highest BCUT2D eigenvalue weighted by Crippen LogP contribution is 2.47. The molecule has 0 N–H and O–H groups in total. The zero-order valence-electron chi connectivity index (χ0n) is 77.2. The smallest absolute Gasteiger partial charge is 0.143 e. The monoisotopic (exact) mass is 1760 g/mol. The van der Waals surface area contributed by atoms with Crippen LogP contribution in [0.4, 0.5) is 0 Å². The van der Waals surface area contributed by atoms with Crippen molar-refractivity contribution >= 4 is 164 Å².